The standard InChI is InChI=1S/C14H20N4O2S/c1-12-3-2-4-14(13(12)11-15)21(19,20)17-7-10-18-8-5-16-6-9-18/h2-4,16-17H,5-10H2,1H3. The molecule has 0 spiro atoms. The molecule has 2 N–H and O–H groups in total. The average Bonchev–Trinajstić information content (AvgIpc) is 2.48. The summed E-state index contributed by atoms with van der Waals surface area (Å²) in [5.41, 5.74) is 0.884. The first kappa shape index (κ1) is 15.9. The smallest absolute Gasteiger partial charge is 0.241 e. The van der Waals surface area contributed by atoms with Crippen molar-refractivity contribution >= 4 is 10.0 Å². The third-order valence-corrected chi connectivity index (χ3v) is 5.07. The van der Waals surface area contributed by atoms with Crippen molar-refractivity contribution in [2.75, 3.05) is 39.3 Å². The predicted molar refractivity (Wildman–Crippen MR) is 80.4 cm³/mol. The Labute approximate surface area is 125 Å². The van der Waals surface area contributed by atoms with Crippen LogP contribution in [0.15, 0.2) is 23.1 Å². The molecule has 1 saturated heterocycles. The van der Waals surface area contributed by atoms with Crippen LogP contribution in [0.5, 0.6) is 0 Å². The minimum atomic E-state index is -3.64. The van der Waals surface area contributed by atoms with Crippen molar-refractivity contribution in [1.29, 1.82) is 5.26 Å². The summed E-state index contributed by atoms with van der Waals surface area (Å²) in [6.45, 7) is 6.48. The summed E-state index contributed by atoms with van der Waals surface area (Å²) in [7, 11) is -3.64. The summed E-state index contributed by atoms with van der Waals surface area (Å²) >= 11 is 0. The Morgan fingerprint density at radius 1 is 1.38 bits per heavy atom. The van der Waals surface area contributed by atoms with Gasteiger partial charge in [-0.2, -0.15) is 5.26 Å². The maximum absolute atomic E-state index is 12.3. The largest absolute Gasteiger partial charge is 0.314 e. The van der Waals surface area contributed by atoms with E-state index in [1.165, 1.54) is 6.07 Å². The van der Waals surface area contributed by atoms with Crippen molar-refractivity contribution in [2.45, 2.75) is 11.8 Å². The van der Waals surface area contributed by atoms with E-state index in [2.05, 4.69) is 14.9 Å². The molecule has 0 radical (unpaired) electrons. The number of piperazine rings is 1. The molecule has 21 heavy (non-hydrogen) atoms. The minimum absolute atomic E-state index is 0.0605. The van der Waals surface area contributed by atoms with Gasteiger partial charge in [-0.1, -0.05) is 12.1 Å². The van der Waals surface area contributed by atoms with Crippen LogP contribution in [0.3, 0.4) is 0 Å². The Balaban J connectivity index is 2.02. The van der Waals surface area contributed by atoms with E-state index in [1.807, 2.05) is 6.07 Å². The highest BCUT2D eigenvalue weighted by Gasteiger charge is 2.19. The topological polar surface area (TPSA) is 85.2 Å². The Bertz CT molecular complexity index is 631. The second kappa shape index (κ2) is 7.00. The van der Waals surface area contributed by atoms with Gasteiger partial charge in [-0.25, -0.2) is 13.1 Å². The molecule has 1 heterocycles. The van der Waals surface area contributed by atoms with E-state index in [0.29, 0.717) is 18.7 Å². The zero-order valence-electron chi connectivity index (χ0n) is 12.1. The second-order valence-electron chi connectivity index (χ2n) is 5.05. The molecule has 1 fully saturated rings. The molecule has 0 saturated carbocycles. The SMILES string of the molecule is Cc1cccc(S(=O)(=O)NCCN2CCNCC2)c1C#N. The Morgan fingerprint density at radius 3 is 2.76 bits per heavy atom. The van der Waals surface area contributed by atoms with Crippen molar-refractivity contribution in [3.63, 3.8) is 0 Å². The number of nitrogens with one attached hydrogen (secondary N) is 2. The average molecular weight is 308 g/mol. The van der Waals surface area contributed by atoms with Crippen molar-refractivity contribution in [2.24, 2.45) is 0 Å². The number of aryl methyl sites for hydroxylation is 1. The zero-order valence-corrected chi connectivity index (χ0v) is 12.9. The minimum Gasteiger partial charge on any atom is -0.314 e. The highest BCUT2D eigenvalue weighted by molar-refractivity contribution is 7.89. The van der Waals surface area contributed by atoms with Crippen molar-refractivity contribution in [3.05, 3.63) is 29.3 Å². The van der Waals surface area contributed by atoms with Gasteiger partial charge in [0.25, 0.3) is 0 Å². The summed E-state index contributed by atoms with van der Waals surface area (Å²) in [5.74, 6) is 0. The molecule has 1 aliphatic heterocycles. The van der Waals surface area contributed by atoms with E-state index >= 15 is 0 Å². The van der Waals surface area contributed by atoms with Crippen LogP contribution < -0.4 is 10.0 Å². The molecule has 6 nitrogen and oxygen atoms in total. The highest BCUT2D eigenvalue weighted by Crippen LogP contribution is 2.18. The monoisotopic (exact) mass is 308 g/mol. The maximum Gasteiger partial charge on any atom is 0.241 e. The molecule has 1 aromatic carbocycles. The third kappa shape index (κ3) is 4.02. The van der Waals surface area contributed by atoms with Gasteiger partial charge in [0.05, 0.1) is 10.5 Å². The Kier molecular flexibility index (Phi) is 5.31. The fraction of sp³-hybridized carbons (Fsp3) is 0.500. The Hall–Kier alpha value is -1.46. The number of nitriles is 1. The summed E-state index contributed by atoms with van der Waals surface area (Å²) in [6.07, 6.45) is 0. The first-order valence-electron chi connectivity index (χ1n) is 6.97. The molecule has 7 heteroatoms. The van der Waals surface area contributed by atoms with Crippen LogP contribution in [0.25, 0.3) is 0 Å². The lowest BCUT2D eigenvalue weighted by molar-refractivity contribution is 0.245. The van der Waals surface area contributed by atoms with Crippen molar-refractivity contribution in [3.8, 4) is 6.07 Å². The van der Waals surface area contributed by atoms with Crippen LogP contribution in [0, 0.1) is 18.3 Å². The predicted octanol–water partition coefficient (Wildman–Crippen LogP) is 0.0502. The quantitative estimate of drug-likeness (QED) is 0.803. The van der Waals surface area contributed by atoms with Crippen molar-refractivity contribution in [1.82, 2.24) is 14.9 Å². The number of hydrogen-bond acceptors (Lipinski definition) is 5. The summed E-state index contributed by atoms with van der Waals surface area (Å²) in [6, 6.07) is 6.83. The highest BCUT2D eigenvalue weighted by atomic mass is 32.2. The van der Waals surface area contributed by atoms with Gasteiger partial charge in [0.15, 0.2) is 0 Å². The lowest BCUT2D eigenvalue weighted by Crippen LogP contribution is -2.46. The first-order chi connectivity index (χ1) is 10.0. The van der Waals surface area contributed by atoms with Gasteiger partial charge in [0, 0.05) is 39.3 Å². The number of benzene rings is 1. The summed E-state index contributed by atoms with van der Waals surface area (Å²) < 4.78 is 27.2. The number of nitrogens with zero attached hydrogens (tertiary/aromatic N) is 2. The van der Waals surface area contributed by atoms with Crippen LogP contribution in [0.1, 0.15) is 11.1 Å². The molecule has 1 aromatic rings. The molecule has 0 atom stereocenters. The lowest BCUT2D eigenvalue weighted by atomic mass is 10.1. The number of rotatable bonds is 5. The molecule has 0 unspecified atom stereocenters. The summed E-state index contributed by atoms with van der Waals surface area (Å²) in [5, 5.41) is 12.4. The van der Waals surface area contributed by atoms with Gasteiger partial charge >= 0.3 is 0 Å². The van der Waals surface area contributed by atoms with Gasteiger partial charge in [-0.05, 0) is 18.6 Å². The molecule has 0 aromatic heterocycles. The second-order valence-corrected chi connectivity index (χ2v) is 6.78. The van der Waals surface area contributed by atoms with E-state index in [0.717, 1.165) is 26.2 Å². The van der Waals surface area contributed by atoms with Crippen molar-refractivity contribution < 1.29 is 8.42 Å². The number of sulfonamides is 1. The van der Waals surface area contributed by atoms with Crippen LogP contribution in [0.4, 0.5) is 0 Å². The molecule has 0 aliphatic carbocycles. The van der Waals surface area contributed by atoms with E-state index in [4.69, 9.17) is 5.26 Å². The molecule has 0 bridgehead atoms. The van der Waals surface area contributed by atoms with E-state index in [9.17, 15) is 8.42 Å². The van der Waals surface area contributed by atoms with Crippen LogP contribution in [0.2, 0.25) is 0 Å². The van der Waals surface area contributed by atoms with Gasteiger partial charge in [0.1, 0.15) is 6.07 Å². The Morgan fingerprint density at radius 2 is 2.10 bits per heavy atom. The maximum atomic E-state index is 12.3. The third-order valence-electron chi connectivity index (χ3n) is 3.57. The van der Waals surface area contributed by atoms with E-state index < -0.39 is 10.0 Å². The van der Waals surface area contributed by atoms with Gasteiger partial charge in [0.2, 0.25) is 10.0 Å². The molecular weight excluding hydrogens is 288 g/mol. The summed E-state index contributed by atoms with van der Waals surface area (Å²) in [4.78, 5) is 2.27. The lowest BCUT2D eigenvalue weighted by Gasteiger charge is -2.27. The fourth-order valence-corrected chi connectivity index (χ4v) is 3.61. The van der Waals surface area contributed by atoms with Gasteiger partial charge in [-0.3, -0.25) is 4.90 Å². The van der Waals surface area contributed by atoms with E-state index in [-0.39, 0.29) is 10.5 Å². The molecule has 0 amide bonds. The molecular formula is C14H20N4O2S. The van der Waals surface area contributed by atoms with E-state index in [1.54, 1.807) is 19.1 Å². The van der Waals surface area contributed by atoms with Crippen LogP contribution in [-0.4, -0.2) is 52.6 Å². The molecule has 114 valence electrons. The normalized spacial score (nSPS) is 16.6. The molecule has 1 aliphatic rings. The first-order valence-corrected chi connectivity index (χ1v) is 8.45. The van der Waals surface area contributed by atoms with Gasteiger partial charge < -0.3 is 5.32 Å². The van der Waals surface area contributed by atoms with Gasteiger partial charge in [-0.15, -0.1) is 0 Å². The zero-order chi connectivity index (χ0) is 15.3. The van der Waals surface area contributed by atoms with Crippen LogP contribution >= 0.6 is 0 Å². The fourth-order valence-electron chi connectivity index (χ4n) is 2.36. The molecule has 2 rings (SSSR count). The number of hydrogen-bond donors (Lipinski definition) is 2. The van der Waals surface area contributed by atoms with Crippen LogP contribution in [-0.2, 0) is 10.0 Å².